The van der Waals surface area contributed by atoms with Gasteiger partial charge in [0.25, 0.3) is 15.9 Å². The van der Waals surface area contributed by atoms with Gasteiger partial charge in [-0.25, -0.2) is 13.1 Å². The minimum atomic E-state index is -4.00. The lowest BCUT2D eigenvalue weighted by Crippen LogP contribution is -2.32. The molecule has 0 aromatic heterocycles. The van der Waals surface area contributed by atoms with Gasteiger partial charge in [-0.1, -0.05) is 6.07 Å². The minimum absolute atomic E-state index is 0.00317. The lowest BCUT2D eigenvalue weighted by Gasteiger charge is -2.15. The number of sulfonamides is 1. The molecular formula is C21H20N2O3S. The molecule has 1 N–H and O–H groups in total. The molecule has 5 nitrogen and oxygen atoms in total. The molecule has 0 aliphatic heterocycles. The third kappa shape index (κ3) is 3.02. The van der Waals surface area contributed by atoms with Crippen molar-refractivity contribution in [3.05, 3.63) is 63.2 Å². The summed E-state index contributed by atoms with van der Waals surface area (Å²) < 4.78 is 27.8. The average molecular weight is 380 g/mol. The Kier molecular flexibility index (Phi) is 4.27. The largest absolute Gasteiger partial charge is 0.268 e. The van der Waals surface area contributed by atoms with Gasteiger partial charge < -0.3 is 0 Å². The molecule has 4 rings (SSSR count). The number of carbonyl (C=O) groups excluding carboxylic acids is 1. The van der Waals surface area contributed by atoms with Crippen LogP contribution in [-0.2, 0) is 35.7 Å². The molecule has 2 aromatic rings. The molecule has 1 amide bonds. The van der Waals surface area contributed by atoms with Gasteiger partial charge in [0.1, 0.15) is 0 Å². The Morgan fingerprint density at radius 1 is 1.04 bits per heavy atom. The highest BCUT2D eigenvalue weighted by atomic mass is 32.2. The van der Waals surface area contributed by atoms with Crippen LogP contribution >= 0.6 is 0 Å². The first-order valence-corrected chi connectivity index (χ1v) is 10.6. The number of benzene rings is 2. The maximum atomic E-state index is 13.0. The summed E-state index contributed by atoms with van der Waals surface area (Å²) in [6.45, 7) is 1.68. The predicted molar refractivity (Wildman–Crippen MR) is 101 cm³/mol. The molecule has 2 aromatic carbocycles. The maximum Gasteiger partial charge on any atom is 0.265 e. The number of hydrogen-bond acceptors (Lipinski definition) is 4. The van der Waals surface area contributed by atoms with Crippen LogP contribution < -0.4 is 4.72 Å². The second kappa shape index (κ2) is 6.50. The van der Waals surface area contributed by atoms with Crippen LogP contribution in [0.15, 0.2) is 29.2 Å². The molecule has 2 aliphatic carbocycles. The number of rotatable bonds is 3. The summed E-state index contributed by atoms with van der Waals surface area (Å²) in [6, 6.07) is 8.47. The first kappa shape index (κ1) is 17.7. The molecule has 2 aliphatic rings. The summed E-state index contributed by atoms with van der Waals surface area (Å²) in [5.41, 5.74) is 5.96. The topological polar surface area (TPSA) is 87.0 Å². The van der Waals surface area contributed by atoms with Crippen LogP contribution in [0.1, 0.15) is 56.6 Å². The van der Waals surface area contributed by atoms with Gasteiger partial charge >= 0.3 is 0 Å². The Balaban J connectivity index is 1.71. The van der Waals surface area contributed by atoms with Crippen molar-refractivity contribution in [2.24, 2.45) is 0 Å². The standard InChI is InChI=1S/C21H20N2O3S/c1-13-10-17(9-8-16(13)12-22)27(25,26)23-21(24)20-18-6-2-4-14(18)11-15-5-3-7-19(15)20/h8-11H,2-7H2,1H3,(H,23,24). The van der Waals surface area contributed by atoms with Crippen LogP contribution in [0.5, 0.6) is 0 Å². The van der Waals surface area contributed by atoms with Gasteiger partial charge in [0.05, 0.1) is 16.5 Å². The maximum absolute atomic E-state index is 13.0. The van der Waals surface area contributed by atoms with Crippen molar-refractivity contribution in [3.8, 4) is 6.07 Å². The molecule has 0 saturated carbocycles. The van der Waals surface area contributed by atoms with Crippen LogP contribution in [-0.4, -0.2) is 14.3 Å². The predicted octanol–water partition coefficient (Wildman–Crippen LogP) is 2.96. The van der Waals surface area contributed by atoms with Gasteiger partial charge in [0.2, 0.25) is 0 Å². The number of aryl methyl sites for hydroxylation is 3. The Hall–Kier alpha value is -2.65. The van der Waals surface area contributed by atoms with E-state index in [9.17, 15) is 13.2 Å². The zero-order valence-corrected chi connectivity index (χ0v) is 15.9. The van der Waals surface area contributed by atoms with Gasteiger partial charge in [-0.3, -0.25) is 4.79 Å². The van der Waals surface area contributed by atoms with Gasteiger partial charge in [0.15, 0.2) is 0 Å². The van der Waals surface area contributed by atoms with E-state index in [4.69, 9.17) is 5.26 Å². The van der Waals surface area contributed by atoms with E-state index in [1.54, 1.807) is 6.92 Å². The second-order valence-corrected chi connectivity index (χ2v) is 8.94. The number of fused-ring (bicyclic) bond motifs is 2. The van der Waals surface area contributed by atoms with Crippen molar-refractivity contribution >= 4 is 15.9 Å². The Morgan fingerprint density at radius 2 is 1.67 bits per heavy atom. The van der Waals surface area contributed by atoms with Gasteiger partial charge in [-0.2, -0.15) is 5.26 Å². The van der Waals surface area contributed by atoms with Crippen molar-refractivity contribution in [1.82, 2.24) is 4.72 Å². The molecular weight excluding hydrogens is 360 g/mol. The number of amides is 1. The van der Waals surface area contributed by atoms with E-state index < -0.39 is 15.9 Å². The third-order valence-electron chi connectivity index (χ3n) is 5.56. The van der Waals surface area contributed by atoms with Crippen molar-refractivity contribution in [1.29, 1.82) is 5.26 Å². The summed E-state index contributed by atoms with van der Waals surface area (Å²) in [4.78, 5) is 13.0. The molecule has 6 heteroatoms. The second-order valence-electron chi connectivity index (χ2n) is 7.26. The fourth-order valence-corrected chi connectivity index (χ4v) is 5.29. The van der Waals surface area contributed by atoms with Crippen LogP contribution in [0, 0.1) is 18.3 Å². The summed E-state index contributed by atoms with van der Waals surface area (Å²) >= 11 is 0. The molecule has 27 heavy (non-hydrogen) atoms. The van der Waals surface area contributed by atoms with Crippen LogP contribution in [0.25, 0.3) is 0 Å². The van der Waals surface area contributed by atoms with Crippen molar-refractivity contribution in [2.75, 3.05) is 0 Å². The summed E-state index contributed by atoms with van der Waals surface area (Å²) in [7, 11) is -4.00. The van der Waals surface area contributed by atoms with Crippen molar-refractivity contribution in [3.63, 3.8) is 0 Å². The lowest BCUT2D eigenvalue weighted by molar-refractivity contribution is 0.0979. The van der Waals surface area contributed by atoms with E-state index in [-0.39, 0.29) is 4.90 Å². The highest BCUT2D eigenvalue weighted by Crippen LogP contribution is 2.35. The molecule has 0 heterocycles. The van der Waals surface area contributed by atoms with Crippen LogP contribution in [0.4, 0.5) is 0 Å². The van der Waals surface area contributed by atoms with Crippen molar-refractivity contribution < 1.29 is 13.2 Å². The normalized spacial score (nSPS) is 15.1. The minimum Gasteiger partial charge on any atom is -0.268 e. The Morgan fingerprint density at radius 3 is 2.22 bits per heavy atom. The monoisotopic (exact) mass is 380 g/mol. The van der Waals surface area contributed by atoms with Crippen molar-refractivity contribution in [2.45, 2.75) is 50.3 Å². The van der Waals surface area contributed by atoms with E-state index >= 15 is 0 Å². The lowest BCUT2D eigenvalue weighted by atomic mass is 9.94. The third-order valence-corrected chi connectivity index (χ3v) is 6.88. The molecule has 0 saturated heterocycles. The Labute approximate surface area is 159 Å². The fraction of sp³-hybridized carbons (Fsp3) is 0.333. The summed E-state index contributed by atoms with van der Waals surface area (Å²) in [5.74, 6) is -0.533. The van der Waals surface area contributed by atoms with E-state index in [0.717, 1.165) is 49.7 Å². The Bertz CT molecular complexity index is 1080. The first-order chi connectivity index (χ1) is 12.9. The molecule has 0 unspecified atom stereocenters. The molecule has 0 bridgehead atoms. The molecule has 0 atom stereocenters. The van der Waals surface area contributed by atoms with Crippen LogP contribution in [0.2, 0.25) is 0 Å². The first-order valence-electron chi connectivity index (χ1n) is 9.15. The van der Waals surface area contributed by atoms with E-state index in [0.29, 0.717) is 16.7 Å². The van der Waals surface area contributed by atoms with Gasteiger partial charge in [0, 0.05) is 5.56 Å². The molecule has 138 valence electrons. The summed E-state index contributed by atoms with van der Waals surface area (Å²) in [5, 5.41) is 9.02. The fourth-order valence-electron chi connectivity index (χ4n) is 4.25. The van der Waals surface area contributed by atoms with Crippen LogP contribution in [0.3, 0.4) is 0 Å². The van der Waals surface area contributed by atoms with E-state index in [1.807, 2.05) is 6.07 Å². The molecule has 0 spiro atoms. The smallest absolute Gasteiger partial charge is 0.265 e. The quantitative estimate of drug-likeness (QED) is 0.887. The number of nitrogens with zero attached hydrogens (tertiary/aromatic N) is 1. The summed E-state index contributed by atoms with van der Waals surface area (Å²) in [6.07, 6.45) is 5.54. The number of nitriles is 1. The average Bonchev–Trinajstić information content (AvgIpc) is 3.27. The number of hydrogen-bond donors (Lipinski definition) is 1. The molecule has 0 radical (unpaired) electrons. The van der Waals surface area contributed by atoms with E-state index in [1.165, 1.54) is 29.3 Å². The zero-order chi connectivity index (χ0) is 19.2. The highest BCUT2D eigenvalue weighted by Gasteiger charge is 2.29. The van der Waals surface area contributed by atoms with Gasteiger partial charge in [-0.15, -0.1) is 0 Å². The zero-order valence-electron chi connectivity index (χ0n) is 15.1. The number of nitrogens with one attached hydrogen (secondary N) is 1. The molecule has 0 fully saturated rings. The SMILES string of the molecule is Cc1cc(S(=O)(=O)NC(=O)c2c3c(cc4c2CCC4)CCC3)ccc1C#N. The van der Waals surface area contributed by atoms with Gasteiger partial charge in [-0.05, 0) is 91.5 Å². The highest BCUT2D eigenvalue weighted by molar-refractivity contribution is 7.90. The van der Waals surface area contributed by atoms with E-state index in [2.05, 4.69) is 10.8 Å². The number of carbonyl (C=O) groups is 1.